The van der Waals surface area contributed by atoms with E-state index in [1.165, 1.54) is 18.4 Å². The molecule has 4 unspecified atom stereocenters. The summed E-state index contributed by atoms with van der Waals surface area (Å²) in [5.41, 5.74) is 4.49. The standard InChI is InChI=1S/C15H24N2S/c1-3-11(2)18-10-15(17-16)14-9-13(14)12-7-5-4-6-8-12/h4-8,11,13-15,17H,3,9-10,16H2,1-2H3. The highest BCUT2D eigenvalue weighted by atomic mass is 32.2. The molecule has 0 radical (unpaired) electrons. The van der Waals surface area contributed by atoms with Gasteiger partial charge in [-0.3, -0.25) is 11.3 Å². The van der Waals surface area contributed by atoms with Crippen LogP contribution in [0.2, 0.25) is 0 Å². The van der Waals surface area contributed by atoms with Crippen LogP contribution in [0, 0.1) is 5.92 Å². The first-order valence-electron chi connectivity index (χ1n) is 6.89. The van der Waals surface area contributed by atoms with E-state index in [-0.39, 0.29) is 0 Å². The minimum atomic E-state index is 0.453. The highest BCUT2D eigenvalue weighted by Crippen LogP contribution is 2.49. The Bertz CT molecular complexity index is 355. The van der Waals surface area contributed by atoms with Crippen LogP contribution in [-0.2, 0) is 0 Å². The number of benzene rings is 1. The van der Waals surface area contributed by atoms with Crippen molar-refractivity contribution in [3.63, 3.8) is 0 Å². The zero-order valence-corrected chi connectivity index (χ0v) is 12.1. The van der Waals surface area contributed by atoms with Crippen molar-refractivity contribution in [2.45, 2.75) is 43.9 Å². The van der Waals surface area contributed by atoms with Gasteiger partial charge in [0.05, 0.1) is 0 Å². The highest BCUT2D eigenvalue weighted by molar-refractivity contribution is 7.99. The number of thioether (sulfide) groups is 1. The maximum Gasteiger partial charge on any atom is 0.0335 e. The maximum absolute atomic E-state index is 5.72. The van der Waals surface area contributed by atoms with Gasteiger partial charge in [-0.15, -0.1) is 0 Å². The molecule has 1 aromatic carbocycles. The van der Waals surface area contributed by atoms with Crippen LogP contribution in [0.15, 0.2) is 30.3 Å². The molecular weight excluding hydrogens is 240 g/mol. The fourth-order valence-electron chi connectivity index (χ4n) is 2.42. The summed E-state index contributed by atoms with van der Waals surface area (Å²) in [5.74, 6) is 8.27. The van der Waals surface area contributed by atoms with Gasteiger partial charge in [-0.25, -0.2) is 0 Å². The van der Waals surface area contributed by atoms with Crippen LogP contribution in [0.25, 0.3) is 0 Å². The molecule has 0 heterocycles. The summed E-state index contributed by atoms with van der Waals surface area (Å²) in [6, 6.07) is 11.3. The fourth-order valence-corrected chi connectivity index (χ4v) is 3.54. The summed E-state index contributed by atoms with van der Waals surface area (Å²) in [6.45, 7) is 4.53. The lowest BCUT2D eigenvalue weighted by molar-refractivity contribution is 0.510. The monoisotopic (exact) mass is 264 g/mol. The molecule has 3 heteroatoms. The summed E-state index contributed by atoms with van der Waals surface area (Å²) in [4.78, 5) is 0. The molecule has 0 spiro atoms. The van der Waals surface area contributed by atoms with Crippen LogP contribution in [0.3, 0.4) is 0 Å². The number of nitrogens with two attached hydrogens (primary N) is 1. The zero-order valence-electron chi connectivity index (χ0n) is 11.3. The molecule has 0 aliphatic heterocycles. The summed E-state index contributed by atoms with van der Waals surface area (Å²) < 4.78 is 0. The van der Waals surface area contributed by atoms with Crippen molar-refractivity contribution in [2.75, 3.05) is 5.75 Å². The molecule has 3 N–H and O–H groups in total. The fraction of sp³-hybridized carbons (Fsp3) is 0.600. The van der Waals surface area contributed by atoms with Crippen molar-refractivity contribution in [1.82, 2.24) is 5.43 Å². The average molecular weight is 264 g/mol. The van der Waals surface area contributed by atoms with Crippen LogP contribution in [0.5, 0.6) is 0 Å². The van der Waals surface area contributed by atoms with Gasteiger partial charge < -0.3 is 0 Å². The second kappa shape index (κ2) is 6.60. The largest absolute Gasteiger partial charge is 0.271 e. The van der Waals surface area contributed by atoms with E-state index in [0.717, 1.165) is 11.0 Å². The third kappa shape index (κ3) is 3.50. The molecular formula is C15H24N2S. The van der Waals surface area contributed by atoms with Gasteiger partial charge in [0.25, 0.3) is 0 Å². The molecule has 2 rings (SSSR count). The summed E-state index contributed by atoms with van der Waals surface area (Å²) in [7, 11) is 0. The normalized spacial score (nSPS) is 25.7. The molecule has 0 bridgehead atoms. The van der Waals surface area contributed by atoms with E-state index in [0.29, 0.717) is 17.9 Å². The minimum Gasteiger partial charge on any atom is -0.271 e. The lowest BCUT2D eigenvalue weighted by atomic mass is 10.1. The van der Waals surface area contributed by atoms with Gasteiger partial charge in [0.1, 0.15) is 0 Å². The Morgan fingerprint density at radius 1 is 1.39 bits per heavy atom. The average Bonchev–Trinajstić information content (AvgIpc) is 3.20. The van der Waals surface area contributed by atoms with Gasteiger partial charge in [0.15, 0.2) is 0 Å². The molecule has 18 heavy (non-hydrogen) atoms. The van der Waals surface area contributed by atoms with Crippen LogP contribution < -0.4 is 11.3 Å². The molecule has 1 aliphatic rings. The molecule has 100 valence electrons. The minimum absolute atomic E-state index is 0.453. The van der Waals surface area contributed by atoms with E-state index in [4.69, 9.17) is 5.84 Å². The number of nitrogens with one attached hydrogen (secondary N) is 1. The highest BCUT2D eigenvalue weighted by Gasteiger charge is 2.43. The number of hydrogen-bond donors (Lipinski definition) is 2. The molecule has 1 saturated carbocycles. The van der Waals surface area contributed by atoms with E-state index in [1.54, 1.807) is 0 Å². The van der Waals surface area contributed by atoms with Gasteiger partial charge in [-0.2, -0.15) is 11.8 Å². The van der Waals surface area contributed by atoms with E-state index < -0.39 is 0 Å². The SMILES string of the molecule is CCC(C)SCC(NN)C1CC1c1ccccc1. The lowest BCUT2D eigenvalue weighted by Gasteiger charge is -2.18. The Morgan fingerprint density at radius 3 is 2.72 bits per heavy atom. The van der Waals surface area contributed by atoms with Crippen molar-refractivity contribution < 1.29 is 0 Å². The summed E-state index contributed by atoms with van der Waals surface area (Å²) in [6.07, 6.45) is 2.51. The van der Waals surface area contributed by atoms with E-state index in [2.05, 4.69) is 49.6 Å². The summed E-state index contributed by atoms with van der Waals surface area (Å²) >= 11 is 2.03. The summed E-state index contributed by atoms with van der Waals surface area (Å²) in [5, 5.41) is 0.731. The number of rotatable bonds is 7. The molecule has 1 fully saturated rings. The van der Waals surface area contributed by atoms with Crippen LogP contribution in [-0.4, -0.2) is 17.0 Å². The van der Waals surface area contributed by atoms with Gasteiger partial charge in [0, 0.05) is 17.0 Å². The maximum atomic E-state index is 5.72. The zero-order chi connectivity index (χ0) is 13.0. The Morgan fingerprint density at radius 2 is 2.11 bits per heavy atom. The third-order valence-corrected chi connectivity index (χ3v) is 5.39. The lowest BCUT2D eigenvalue weighted by Crippen LogP contribution is -2.39. The van der Waals surface area contributed by atoms with E-state index in [1.807, 2.05) is 11.8 Å². The van der Waals surface area contributed by atoms with Crippen molar-refractivity contribution in [3.05, 3.63) is 35.9 Å². The van der Waals surface area contributed by atoms with E-state index >= 15 is 0 Å². The smallest absolute Gasteiger partial charge is 0.0335 e. The molecule has 2 nitrogen and oxygen atoms in total. The van der Waals surface area contributed by atoms with Crippen molar-refractivity contribution in [3.8, 4) is 0 Å². The molecule has 0 saturated heterocycles. The Labute approximate surface area is 115 Å². The first kappa shape index (κ1) is 13.9. The Kier molecular flexibility index (Phi) is 5.10. The molecule has 4 atom stereocenters. The molecule has 1 aromatic rings. The van der Waals surface area contributed by atoms with Crippen LogP contribution in [0.4, 0.5) is 0 Å². The van der Waals surface area contributed by atoms with Crippen LogP contribution in [0.1, 0.15) is 38.2 Å². The second-order valence-electron chi connectivity index (χ2n) is 5.24. The quantitative estimate of drug-likeness (QED) is 0.587. The van der Waals surface area contributed by atoms with Crippen molar-refractivity contribution in [1.29, 1.82) is 0 Å². The van der Waals surface area contributed by atoms with Crippen LogP contribution >= 0.6 is 11.8 Å². The Balaban J connectivity index is 1.84. The topological polar surface area (TPSA) is 38.0 Å². The Hall–Kier alpha value is -0.510. The van der Waals surface area contributed by atoms with Crippen molar-refractivity contribution >= 4 is 11.8 Å². The van der Waals surface area contributed by atoms with Gasteiger partial charge in [-0.1, -0.05) is 44.2 Å². The van der Waals surface area contributed by atoms with Gasteiger partial charge >= 0.3 is 0 Å². The van der Waals surface area contributed by atoms with Gasteiger partial charge in [0.2, 0.25) is 0 Å². The molecule has 0 amide bonds. The molecule has 1 aliphatic carbocycles. The number of hydrazine groups is 1. The van der Waals surface area contributed by atoms with Gasteiger partial charge in [-0.05, 0) is 30.2 Å². The second-order valence-corrected chi connectivity index (χ2v) is 6.71. The van der Waals surface area contributed by atoms with Crippen molar-refractivity contribution in [2.24, 2.45) is 11.8 Å². The first-order valence-corrected chi connectivity index (χ1v) is 7.93. The predicted molar refractivity (Wildman–Crippen MR) is 80.6 cm³/mol. The third-order valence-electron chi connectivity index (χ3n) is 3.93. The number of hydrogen-bond acceptors (Lipinski definition) is 3. The first-order chi connectivity index (χ1) is 8.76. The molecule has 0 aromatic heterocycles. The van der Waals surface area contributed by atoms with E-state index in [9.17, 15) is 0 Å². The predicted octanol–water partition coefficient (Wildman–Crippen LogP) is 3.15.